The summed E-state index contributed by atoms with van der Waals surface area (Å²) in [7, 11) is -0.572. The molecule has 1 aromatic heterocycles. The van der Waals surface area contributed by atoms with Gasteiger partial charge in [0.1, 0.15) is 10.6 Å². The van der Waals surface area contributed by atoms with Gasteiger partial charge in [-0.2, -0.15) is 0 Å². The van der Waals surface area contributed by atoms with Crippen LogP contribution in [0.4, 0.5) is 0 Å². The Morgan fingerprint density at radius 1 is 1.42 bits per heavy atom. The summed E-state index contributed by atoms with van der Waals surface area (Å²) in [6.45, 7) is 0.737. The molecule has 0 atom stereocenters. The van der Waals surface area contributed by atoms with Crippen molar-refractivity contribution in [2.45, 2.75) is 17.7 Å². The van der Waals surface area contributed by atoms with Gasteiger partial charge in [0.05, 0.1) is 6.61 Å². The molecule has 1 fully saturated rings. The summed E-state index contributed by atoms with van der Waals surface area (Å²) in [4.78, 5) is 16.8. The molecule has 0 saturated carbocycles. The SMILES string of the molecule is CNC(=O)c1cc(S(=O)(=O)N2CCCCO2)cn1C. The van der Waals surface area contributed by atoms with Crippen LogP contribution in [0.25, 0.3) is 0 Å². The first-order valence-corrected chi connectivity index (χ1v) is 7.45. The minimum atomic E-state index is -3.70. The van der Waals surface area contributed by atoms with Crippen LogP contribution in [0.3, 0.4) is 0 Å². The number of hydroxylamine groups is 1. The molecule has 7 nitrogen and oxygen atoms in total. The maximum atomic E-state index is 12.3. The Morgan fingerprint density at radius 3 is 2.74 bits per heavy atom. The van der Waals surface area contributed by atoms with Gasteiger partial charge in [0, 0.05) is 26.8 Å². The Labute approximate surface area is 112 Å². The number of hydrogen-bond acceptors (Lipinski definition) is 4. The summed E-state index contributed by atoms with van der Waals surface area (Å²) in [6, 6.07) is 1.35. The summed E-state index contributed by atoms with van der Waals surface area (Å²) in [5, 5.41) is 2.47. The van der Waals surface area contributed by atoms with Gasteiger partial charge in [-0.1, -0.05) is 4.47 Å². The van der Waals surface area contributed by atoms with Crippen LogP contribution in [0.15, 0.2) is 17.2 Å². The van der Waals surface area contributed by atoms with E-state index >= 15 is 0 Å². The molecule has 106 valence electrons. The average molecular weight is 287 g/mol. The lowest BCUT2D eigenvalue weighted by atomic mass is 10.3. The Balaban J connectivity index is 2.33. The van der Waals surface area contributed by atoms with Crippen molar-refractivity contribution in [3.8, 4) is 0 Å². The van der Waals surface area contributed by atoms with E-state index in [2.05, 4.69) is 5.32 Å². The maximum absolute atomic E-state index is 12.3. The lowest BCUT2D eigenvalue weighted by Gasteiger charge is -2.24. The summed E-state index contributed by atoms with van der Waals surface area (Å²) < 4.78 is 27.1. The van der Waals surface area contributed by atoms with Gasteiger partial charge in [0.25, 0.3) is 15.9 Å². The molecular formula is C11H17N3O4S. The normalized spacial score (nSPS) is 17.4. The van der Waals surface area contributed by atoms with Crippen LogP contribution >= 0.6 is 0 Å². The zero-order valence-electron chi connectivity index (χ0n) is 10.9. The predicted octanol–water partition coefficient (Wildman–Crippen LogP) is 0.101. The third-order valence-corrected chi connectivity index (χ3v) is 4.62. The van der Waals surface area contributed by atoms with Crippen LogP contribution in [-0.2, 0) is 21.9 Å². The number of nitrogens with one attached hydrogen (secondary N) is 1. The third kappa shape index (κ3) is 2.65. The third-order valence-electron chi connectivity index (χ3n) is 2.98. The first kappa shape index (κ1) is 14.0. The molecule has 0 aromatic carbocycles. The Hall–Kier alpha value is -1.38. The van der Waals surface area contributed by atoms with Gasteiger partial charge in [-0.15, -0.1) is 0 Å². The first-order valence-electron chi connectivity index (χ1n) is 6.01. The number of sulfonamides is 1. The second-order valence-electron chi connectivity index (χ2n) is 4.32. The molecule has 1 aromatic rings. The van der Waals surface area contributed by atoms with E-state index in [0.29, 0.717) is 13.2 Å². The molecule has 1 amide bonds. The van der Waals surface area contributed by atoms with Gasteiger partial charge in [-0.3, -0.25) is 9.63 Å². The Kier molecular flexibility index (Phi) is 3.93. The molecule has 0 radical (unpaired) electrons. The molecule has 0 bridgehead atoms. The molecule has 0 aliphatic carbocycles. The van der Waals surface area contributed by atoms with Gasteiger partial charge in [-0.05, 0) is 18.9 Å². The van der Waals surface area contributed by atoms with Gasteiger partial charge in [-0.25, -0.2) is 8.42 Å². The molecule has 0 spiro atoms. The topological polar surface area (TPSA) is 80.6 Å². The fraction of sp³-hybridized carbons (Fsp3) is 0.545. The van der Waals surface area contributed by atoms with Crippen LogP contribution in [0.1, 0.15) is 23.3 Å². The fourth-order valence-corrected chi connectivity index (χ4v) is 3.28. The van der Waals surface area contributed by atoms with Gasteiger partial charge < -0.3 is 9.88 Å². The maximum Gasteiger partial charge on any atom is 0.267 e. The molecule has 1 saturated heterocycles. The predicted molar refractivity (Wildman–Crippen MR) is 67.9 cm³/mol. The minimum Gasteiger partial charge on any atom is -0.354 e. The Morgan fingerprint density at radius 2 is 2.16 bits per heavy atom. The van der Waals surface area contributed by atoms with Crippen LogP contribution in [0.2, 0.25) is 0 Å². The van der Waals surface area contributed by atoms with E-state index in [1.807, 2.05) is 0 Å². The summed E-state index contributed by atoms with van der Waals surface area (Å²) >= 11 is 0. The number of aryl methyl sites for hydroxylation is 1. The van der Waals surface area contributed by atoms with Crippen LogP contribution in [0.5, 0.6) is 0 Å². The van der Waals surface area contributed by atoms with Crippen molar-refractivity contribution in [3.63, 3.8) is 0 Å². The number of rotatable bonds is 3. The largest absolute Gasteiger partial charge is 0.354 e. The second-order valence-corrected chi connectivity index (χ2v) is 6.15. The van der Waals surface area contributed by atoms with Crippen LogP contribution in [-0.4, -0.2) is 43.6 Å². The lowest BCUT2D eigenvalue weighted by molar-refractivity contribution is -0.108. The molecular weight excluding hydrogens is 270 g/mol. The number of aromatic nitrogens is 1. The monoisotopic (exact) mass is 287 g/mol. The summed E-state index contributed by atoms with van der Waals surface area (Å²) in [5.41, 5.74) is 0.290. The van der Waals surface area contributed by atoms with Gasteiger partial charge >= 0.3 is 0 Å². The smallest absolute Gasteiger partial charge is 0.267 e. The van der Waals surface area contributed by atoms with Crippen molar-refractivity contribution in [2.75, 3.05) is 20.2 Å². The average Bonchev–Trinajstić information content (AvgIpc) is 2.81. The molecule has 2 heterocycles. The van der Waals surface area contributed by atoms with Crippen molar-refractivity contribution in [3.05, 3.63) is 18.0 Å². The van der Waals surface area contributed by atoms with Crippen LogP contribution in [0, 0.1) is 0 Å². The molecule has 1 aliphatic rings. The highest BCUT2D eigenvalue weighted by atomic mass is 32.2. The van der Waals surface area contributed by atoms with Crippen molar-refractivity contribution < 1.29 is 18.0 Å². The number of carbonyl (C=O) groups is 1. The molecule has 8 heteroatoms. The fourth-order valence-electron chi connectivity index (χ4n) is 1.91. The molecule has 2 rings (SSSR count). The number of nitrogens with zero attached hydrogens (tertiary/aromatic N) is 2. The van der Waals surface area contributed by atoms with E-state index in [1.54, 1.807) is 7.05 Å². The second kappa shape index (κ2) is 5.32. The highest BCUT2D eigenvalue weighted by Gasteiger charge is 2.29. The first-order chi connectivity index (χ1) is 8.96. The molecule has 19 heavy (non-hydrogen) atoms. The van der Waals surface area contributed by atoms with Gasteiger partial charge in [0.2, 0.25) is 0 Å². The van der Waals surface area contributed by atoms with E-state index in [1.165, 1.54) is 23.9 Å². The van der Waals surface area contributed by atoms with Gasteiger partial charge in [0.15, 0.2) is 0 Å². The summed E-state index contributed by atoms with van der Waals surface area (Å²) in [6.07, 6.45) is 3.04. The number of hydrogen-bond donors (Lipinski definition) is 1. The standard InChI is InChI=1S/C11H17N3O4S/c1-12-11(15)10-7-9(8-13(10)2)19(16,17)14-5-3-4-6-18-14/h7-8H,3-6H2,1-2H3,(H,12,15). The van der Waals surface area contributed by atoms with Crippen molar-refractivity contribution in [2.24, 2.45) is 7.05 Å². The van der Waals surface area contributed by atoms with Crippen molar-refractivity contribution >= 4 is 15.9 Å². The van der Waals surface area contributed by atoms with E-state index in [4.69, 9.17) is 4.84 Å². The lowest BCUT2D eigenvalue weighted by Crippen LogP contribution is -2.35. The zero-order valence-corrected chi connectivity index (χ0v) is 11.7. The number of carbonyl (C=O) groups excluding carboxylic acids is 1. The van der Waals surface area contributed by atoms with Crippen LogP contribution < -0.4 is 5.32 Å². The van der Waals surface area contributed by atoms with E-state index in [-0.39, 0.29) is 16.5 Å². The van der Waals surface area contributed by atoms with Crippen molar-refractivity contribution in [1.29, 1.82) is 0 Å². The highest BCUT2D eigenvalue weighted by molar-refractivity contribution is 7.89. The minimum absolute atomic E-state index is 0.0653. The number of amides is 1. The molecule has 1 aliphatic heterocycles. The molecule has 0 unspecified atom stereocenters. The van der Waals surface area contributed by atoms with E-state index in [9.17, 15) is 13.2 Å². The Bertz CT molecular complexity index is 573. The summed E-state index contributed by atoms with van der Waals surface area (Å²) in [5.74, 6) is -0.330. The molecule has 1 N–H and O–H groups in total. The van der Waals surface area contributed by atoms with E-state index < -0.39 is 10.0 Å². The van der Waals surface area contributed by atoms with E-state index in [0.717, 1.165) is 17.3 Å². The quantitative estimate of drug-likeness (QED) is 0.855. The highest BCUT2D eigenvalue weighted by Crippen LogP contribution is 2.21. The zero-order chi connectivity index (χ0) is 14.0. The van der Waals surface area contributed by atoms with Crippen molar-refractivity contribution in [1.82, 2.24) is 14.4 Å².